The molecule has 1 unspecified atom stereocenters. The zero-order valence-electron chi connectivity index (χ0n) is 11.7. The predicted molar refractivity (Wildman–Crippen MR) is 76.3 cm³/mol. The second-order valence-corrected chi connectivity index (χ2v) is 4.74. The number of aromatic carboxylic acids is 1. The van der Waals surface area contributed by atoms with Crippen LogP contribution < -0.4 is 11.2 Å². The number of aliphatic hydroxyl groups excluding tert-OH is 2. The highest BCUT2D eigenvalue weighted by atomic mass is 19.1. The van der Waals surface area contributed by atoms with E-state index in [9.17, 15) is 23.9 Å². The SMILES string of the molecule is O=C(O)c1cn(CC(O)CO)c(=O)n(-c2ccc(F)cc2)c1=O. The van der Waals surface area contributed by atoms with Crippen LogP contribution in [-0.4, -0.2) is 43.1 Å². The fraction of sp³-hybridized carbons (Fsp3) is 0.214. The van der Waals surface area contributed by atoms with Crippen molar-refractivity contribution in [2.24, 2.45) is 0 Å². The van der Waals surface area contributed by atoms with E-state index in [1.54, 1.807) is 0 Å². The zero-order valence-corrected chi connectivity index (χ0v) is 11.7. The Morgan fingerprint density at radius 2 is 1.83 bits per heavy atom. The monoisotopic (exact) mass is 324 g/mol. The fourth-order valence-electron chi connectivity index (χ4n) is 1.98. The Bertz CT molecular complexity index is 840. The molecule has 0 aliphatic heterocycles. The summed E-state index contributed by atoms with van der Waals surface area (Å²) in [7, 11) is 0. The molecule has 1 heterocycles. The standard InChI is InChI=1S/C14H13FN2O6/c15-8-1-3-9(4-2-8)17-12(20)11(13(21)22)6-16(14(17)23)5-10(19)7-18/h1-4,6,10,18-19H,5,7H2,(H,21,22). The molecule has 0 amide bonds. The lowest BCUT2D eigenvalue weighted by Gasteiger charge is -2.14. The van der Waals surface area contributed by atoms with Crippen LogP contribution >= 0.6 is 0 Å². The molecule has 2 rings (SSSR count). The van der Waals surface area contributed by atoms with Gasteiger partial charge in [0.2, 0.25) is 0 Å². The first-order valence-corrected chi connectivity index (χ1v) is 6.49. The number of nitrogens with zero attached hydrogens (tertiary/aromatic N) is 2. The third-order valence-corrected chi connectivity index (χ3v) is 3.09. The quantitative estimate of drug-likeness (QED) is 0.661. The molecule has 0 bridgehead atoms. The van der Waals surface area contributed by atoms with Gasteiger partial charge in [-0.05, 0) is 24.3 Å². The van der Waals surface area contributed by atoms with Crippen LogP contribution in [0.2, 0.25) is 0 Å². The number of hydrogen-bond acceptors (Lipinski definition) is 5. The van der Waals surface area contributed by atoms with Crippen molar-refractivity contribution < 1.29 is 24.5 Å². The van der Waals surface area contributed by atoms with E-state index in [4.69, 9.17) is 10.2 Å². The number of carboxylic acids is 1. The summed E-state index contributed by atoms with van der Waals surface area (Å²) < 4.78 is 14.3. The maximum absolute atomic E-state index is 13.0. The second-order valence-electron chi connectivity index (χ2n) is 4.74. The van der Waals surface area contributed by atoms with Gasteiger partial charge >= 0.3 is 11.7 Å². The minimum absolute atomic E-state index is 0.0169. The summed E-state index contributed by atoms with van der Waals surface area (Å²) in [5.74, 6) is -2.15. The second kappa shape index (κ2) is 6.55. The smallest absolute Gasteiger partial charge is 0.342 e. The average molecular weight is 324 g/mol. The third-order valence-electron chi connectivity index (χ3n) is 3.09. The summed E-state index contributed by atoms with van der Waals surface area (Å²) in [6.07, 6.45) is -0.514. The topological polar surface area (TPSA) is 122 Å². The van der Waals surface area contributed by atoms with E-state index in [-0.39, 0.29) is 5.69 Å². The Kier molecular flexibility index (Phi) is 4.72. The number of hydrogen-bond donors (Lipinski definition) is 3. The van der Waals surface area contributed by atoms with E-state index in [2.05, 4.69) is 0 Å². The number of halogens is 1. The van der Waals surface area contributed by atoms with Crippen LogP contribution in [0.4, 0.5) is 4.39 Å². The first kappa shape index (κ1) is 16.6. The van der Waals surface area contributed by atoms with Crippen LogP contribution in [0.5, 0.6) is 0 Å². The van der Waals surface area contributed by atoms with Crippen LogP contribution in [0.3, 0.4) is 0 Å². The van der Waals surface area contributed by atoms with Crippen molar-refractivity contribution in [1.82, 2.24) is 9.13 Å². The predicted octanol–water partition coefficient (Wildman–Crippen LogP) is -0.810. The highest BCUT2D eigenvalue weighted by Gasteiger charge is 2.19. The van der Waals surface area contributed by atoms with Gasteiger partial charge in [-0.25, -0.2) is 18.5 Å². The van der Waals surface area contributed by atoms with Gasteiger partial charge in [0, 0.05) is 6.20 Å². The molecule has 23 heavy (non-hydrogen) atoms. The van der Waals surface area contributed by atoms with E-state index >= 15 is 0 Å². The number of rotatable bonds is 5. The van der Waals surface area contributed by atoms with Gasteiger partial charge in [0.1, 0.15) is 11.4 Å². The van der Waals surface area contributed by atoms with Crippen LogP contribution in [0.15, 0.2) is 40.1 Å². The van der Waals surface area contributed by atoms with Crippen molar-refractivity contribution in [2.45, 2.75) is 12.6 Å². The molecule has 0 aliphatic carbocycles. The van der Waals surface area contributed by atoms with Crippen molar-refractivity contribution in [3.63, 3.8) is 0 Å². The van der Waals surface area contributed by atoms with Gasteiger partial charge in [-0.3, -0.25) is 9.36 Å². The normalized spacial score (nSPS) is 12.1. The number of aliphatic hydroxyl groups is 2. The molecule has 2 aromatic rings. The number of aromatic nitrogens is 2. The molecule has 1 atom stereocenters. The molecule has 9 heteroatoms. The minimum atomic E-state index is -1.56. The Hall–Kier alpha value is -2.78. The third kappa shape index (κ3) is 3.35. The first-order valence-electron chi connectivity index (χ1n) is 6.49. The summed E-state index contributed by atoms with van der Waals surface area (Å²) in [6.45, 7) is -1.05. The van der Waals surface area contributed by atoms with E-state index < -0.39 is 47.9 Å². The minimum Gasteiger partial charge on any atom is -0.477 e. The lowest BCUT2D eigenvalue weighted by molar-refractivity contribution is 0.0686. The van der Waals surface area contributed by atoms with Crippen molar-refractivity contribution in [2.75, 3.05) is 6.61 Å². The molecule has 8 nitrogen and oxygen atoms in total. The molecule has 0 fully saturated rings. The Labute approximate surface area is 128 Å². The Balaban J connectivity index is 2.73. The first-order chi connectivity index (χ1) is 10.8. The lowest BCUT2D eigenvalue weighted by atomic mass is 10.2. The maximum atomic E-state index is 13.0. The van der Waals surface area contributed by atoms with Gasteiger partial charge in [0.25, 0.3) is 5.56 Å². The molecule has 122 valence electrons. The molecular formula is C14H13FN2O6. The molecule has 1 aromatic heterocycles. The van der Waals surface area contributed by atoms with Gasteiger partial charge < -0.3 is 15.3 Å². The van der Waals surface area contributed by atoms with Gasteiger partial charge in [0.05, 0.1) is 24.9 Å². The molecule has 0 radical (unpaired) electrons. The van der Waals surface area contributed by atoms with Crippen LogP contribution in [-0.2, 0) is 6.54 Å². The number of carboxylic acid groups (broad SMARTS) is 1. The van der Waals surface area contributed by atoms with Crippen molar-refractivity contribution >= 4 is 5.97 Å². The average Bonchev–Trinajstić information content (AvgIpc) is 2.51. The lowest BCUT2D eigenvalue weighted by Crippen LogP contribution is -2.43. The molecule has 1 aromatic carbocycles. The molecule has 3 N–H and O–H groups in total. The van der Waals surface area contributed by atoms with Crippen molar-refractivity contribution in [1.29, 1.82) is 0 Å². The van der Waals surface area contributed by atoms with Gasteiger partial charge in [0.15, 0.2) is 0 Å². The molecule has 0 saturated heterocycles. The van der Waals surface area contributed by atoms with Gasteiger partial charge in [-0.2, -0.15) is 0 Å². The Morgan fingerprint density at radius 1 is 1.22 bits per heavy atom. The zero-order chi connectivity index (χ0) is 17.1. The largest absolute Gasteiger partial charge is 0.477 e. The Morgan fingerprint density at radius 3 is 2.35 bits per heavy atom. The summed E-state index contributed by atoms with van der Waals surface area (Å²) in [4.78, 5) is 35.7. The number of carbonyl (C=O) groups is 1. The fourth-order valence-corrected chi connectivity index (χ4v) is 1.98. The highest BCUT2D eigenvalue weighted by molar-refractivity contribution is 5.86. The van der Waals surface area contributed by atoms with E-state index in [0.717, 1.165) is 35.0 Å². The maximum Gasteiger partial charge on any atom is 0.342 e. The van der Waals surface area contributed by atoms with Crippen LogP contribution in [0, 0.1) is 5.82 Å². The van der Waals surface area contributed by atoms with Crippen molar-refractivity contribution in [3.05, 3.63) is 62.7 Å². The van der Waals surface area contributed by atoms with Crippen molar-refractivity contribution in [3.8, 4) is 5.69 Å². The van der Waals surface area contributed by atoms with E-state index in [1.165, 1.54) is 0 Å². The summed E-state index contributed by atoms with van der Waals surface area (Å²) in [5.41, 5.74) is -2.71. The molecule has 0 saturated carbocycles. The van der Waals surface area contributed by atoms with Gasteiger partial charge in [-0.15, -0.1) is 0 Å². The highest BCUT2D eigenvalue weighted by Crippen LogP contribution is 2.05. The molecule has 0 spiro atoms. The molecule has 0 aliphatic rings. The van der Waals surface area contributed by atoms with E-state index in [1.807, 2.05) is 0 Å². The van der Waals surface area contributed by atoms with Gasteiger partial charge in [-0.1, -0.05) is 0 Å². The number of benzene rings is 1. The van der Waals surface area contributed by atoms with Crippen LogP contribution in [0.1, 0.15) is 10.4 Å². The summed E-state index contributed by atoms with van der Waals surface area (Å²) >= 11 is 0. The summed E-state index contributed by atoms with van der Waals surface area (Å²) in [6, 6.07) is 4.33. The molecular weight excluding hydrogens is 311 g/mol. The summed E-state index contributed by atoms with van der Waals surface area (Å²) in [5, 5.41) is 27.4. The van der Waals surface area contributed by atoms with Crippen LogP contribution in [0.25, 0.3) is 5.69 Å². The van der Waals surface area contributed by atoms with E-state index in [0.29, 0.717) is 4.57 Å².